The maximum atomic E-state index is 11.2. The Bertz CT molecular complexity index is 498. The van der Waals surface area contributed by atoms with Crippen LogP contribution in [-0.2, 0) is 0 Å². The summed E-state index contributed by atoms with van der Waals surface area (Å²) in [5, 5.41) is 14.5. The van der Waals surface area contributed by atoms with Crippen molar-refractivity contribution in [2.45, 2.75) is 18.8 Å². The average Bonchev–Trinajstić information content (AvgIpc) is 2.47. The lowest BCUT2D eigenvalue weighted by Crippen LogP contribution is -2.28. The Balaban J connectivity index is 2.00. The molecule has 6 heteroatoms. The fraction of sp³-hybridized carbons (Fsp3) is 0.538. The van der Waals surface area contributed by atoms with Gasteiger partial charge in [0.1, 0.15) is 13.2 Å². The predicted octanol–water partition coefficient (Wildman–Crippen LogP) is 1.83. The summed E-state index contributed by atoms with van der Waals surface area (Å²) < 4.78 is 10.9. The number of benzene rings is 1. The van der Waals surface area contributed by atoms with E-state index in [0.717, 1.165) is 31.5 Å². The summed E-state index contributed by atoms with van der Waals surface area (Å²) in [6, 6.07) is 3.52. The number of ether oxygens (including phenoxy) is 2. The number of hydrogen-bond acceptors (Lipinski definition) is 5. The van der Waals surface area contributed by atoms with Crippen LogP contribution in [0.1, 0.15) is 24.3 Å². The highest BCUT2D eigenvalue weighted by Gasteiger charge is 2.27. The highest BCUT2D eigenvalue weighted by atomic mass is 16.6. The molecule has 1 unspecified atom stereocenters. The summed E-state index contributed by atoms with van der Waals surface area (Å²) in [5.41, 5.74) is 0.973. The molecule has 1 fully saturated rings. The summed E-state index contributed by atoms with van der Waals surface area (Å²) in [7, 11) is 0. The molecule has 3 rings (SSSR count). The third kappa shape index (κ3) is 2.35. The van der Waals surface area contributed by atoms with E-state index in [1.807, 2.05) is 6.07 Å². The molecule has 6 nitrogen and oxygen atoms in total. The van der Waals surface area contributed by atoms with E-state index in [0.29, 0.717) is 24.9 Å². The van der Waals surface area contributed by atoms with Gasteiger partial charge in [0, 0.05) is 12.6 Å². The van der Waals surface area contributed by atoms with Crippen LogP contribution in [-0.4, -0.2) is 31.2 Å². The third-order valence-electron chi connectivity index (χ3n) is 3.61. The van der Waals surface area contributed by atoms with E-state index in [4.69, 9.17) is 9.47 Å². The molecule has 0 bridgehead atoms. The van der Waals surface area contributed by atoms with Gasteiger partial charge >= 0.3 is 5.69 Å². The molecular formula is C13H16N2O4. The number of nitrogens with one attached hydrogen (secondary N) is 1. The number of nitro benzene ring substituents is 1. The quantitative estimate of drug-likeness (QED) is 0.651. The van der Waals surface area contributed by atoms with E-state index in [-0.39, 0.29) is 11.4 Å². The molecule has 1 aromatic rings. The Morgan fingerprint density at radius 3 is 2.89 bits per heavy atom. The summed E-state index contributed by atoms with van der Waals surface area (Å²) >= 11 is 0. The molecule has 0 aliphatic carbocycles. The largest absolute Gasteiger partial charge is 0.486 e. The van der Waals surface area contributed by atoms with Crippen LogP contribution in [0.5, 0.6) is 11.5 Å². The molecule has 1 N–H and O–H groups in total. The number of fused-ring (bicyclic) bond motifs is 1. The minimum atomic E-state index is -0.396. The van der Waals surface area contributed by atoms with Crippen molar-refractivity contribution in [3.05, 3.63) is 27.8 Å². The number of nitrogens with zero attached hydrogens (tertiary/aromatic N) is 1. The first-order chi connectivity index (χ1) is 9.25. The van der Waals surface area contributed by atoms with Gasteiger partial charge in [-0.3, -0.25) is 10.1 Å². The SMILES string of the molecule is O=[N+]([O-])c1cc(C2CCCNC2)cc2c1OCCO2. The van der Waals surface area contributed by atoms with Crippen molar-refractivity contribution in [3.63, 3.8) is 0 Å². The second-order valence-electron chi connectivity index (χ2n) is 4.86. The fourth-order valence-corrected chi connectivity index (χ4v) is 2.66. The highest BCUT2D eigenvalue weighted by molar-refractivity contribution is 5.59. The first-order valence-electron chi connectivity index (χ1n) is 6.54. The van der Waals surface area contributed by atoms with Crippen molar-refractivity contribution in [1.82, 2.24) is 5.32 Å². The van der Waals surface area contributed by atoms with Gasteiger partial charge in [0.05, 0.1) is 4.92 Å². The van der Waals surface area contributed by atoms with Crippen molar-refractivity contribution in [2.24, 2.45) is 0 Å². The number of nitro groups is 1. The predicted molar refractivity (Wildman–Crippen MR) is 68.9 cm³/mol. The van der Waals surface area contributed by atoms with Gasteiger partial charge in [-0.1, -0.05) is 0 Å². The molecule has 0 amide bonds. The van der Waals surface area contributed by atoms with Crippen LogP contribution in [0, 0.1) is 10.1 Å². The van der Waals surface area contributed by atoms with E-state index in [1.165, 1.54) is 0 Å². The van der Waals surface area contributed by atoms with Gasteiger partial charge in [-0.2, -0.15) is 0 Å². The zero-order valence-electron chi connectivity index (χ0n) is 10.6. The molecular weight excluding hydrogens is 248 g/mol. The number of rotatable bonds is 2. The van der Waals surface area contributed by atoms with Crippen LogP contribution in [0.4, 0.5) is 5.69 Å². The van der Waals surface area contributed by atoms with E-state index in [9.17, 15) is 10.1 Å². The number of hydrogen-bond donors (Lipinski definition) is 1. The summed E-state index contributed by atoms with van der Waals surface area (Å²) in [4.78, 5) is 10.8. The van der Waals surface area contributed by atoms with Gasteiger partial charge in [0.25, 0.3) is 0 Å². The maximum absolute atomic E-state index is 11.2. The zero-order valence-corrected chi connectivity index (χ0v) is 10.6. The van der Waals surface area contributed by atoms with Crippen molar-refractivity contribution < 1.29 is 14.4 Å². The van der Waals surface area contributed by atoms with Gasteiger partial charge < -0.3 is 14.8 Å². The molecule has 2 aliphatic heterocycles. The third-order valence-corrected chi connectivity index (χ3v) is 3.61. The van der Waals surface area contributed by atoms with Gasteiger partial charge in [-0.15, -0.1) is 0 Å². The van der Waals surface area contributed by atoms with Gasteiger partial charge in [0.2, 0.25) is 5.75 Å². The van der Waals surface area contributed by atoms with Crippen molar-refractivity contribution in [3.8, 4) is 11.5 Å². The first kappa shape index (κ1) is 12.2. The van der Waals surface area contributed by atoms with Gasteiger partial charge in [-0.25, -0.2) is 0 Å². The monoisotopic (exact) mass is 264 g/mol. The van der Waals surface area contributed by atoms with Gasteiger partial charge in [-0.05, 0) is 36.9 Å². The molecule has 0 radical (unpaired) electrons. The minimum absolute atomic E-state index is 0.0118. The second kappa shape index (κ2) is 5.05. The van der Waals surface area contributed by atoms with E-state index >= 15 is 0 Å². The smallest absolute Gasteiger partial charge is 0.315 e. The van der Waals surface area contributed by atoms with Crippen molar-refractivity contribution in [2.75, 3.05) is 26.3 Å². The zero-order chi connectivity index (χ0) is 13.2. The molecule has 1 atom stereocenters. The molecule has 1 aromatic carbocycles. The maximum Gasteiger partial charge on any atom is 0.315 e. The Kier molecular flexibility index (Phi) is 3.25. The van der Waals surface area contributed by atoms with E-state index < -0.39 is 4.92 Å². The van der Waals surface area contributed by atoms with Crippen molar-refractivity contribution in [1.29, 1.82) is 0 Å². The standard InChI is InChI=1S/C13H16N2O4/c16-15(17)11-6-10(9-2-1-3-14-8-9)7-12-13(11)19-5-4-18-12/h6-7,9,14H,1-5,8H2. The Morgan fingerprint density at radius 1 is 1.32 bits per heavy atom. The van der Waals surface area contributed by atoms with Crippen LogP contribution < -0.4 is 14.8 Å². The molecule has 102 valence electrons. The molecule has 19 heavy (non-hydrogen) atoms. The summed E-state index contributed by atoms with van der Waals surface area (Å²) in [6.45, 7) is 2.68. The summed E-state index contributed by atoms with van der Waals surface area (Å²) in [6.07, 6.45) is 2.14. The van der Waals surface area contributed by atoms with Crippen molar-refractivity contribution >= 4 is 5.69 Å². The fourth-order valence-electron chi connectivity index (χ4n) is 2.66. The van der Waals surface area contributed by atoms with Crippen LogP contribution >= 0.6 is 0 Å². The lowest BCUT2D eigenvalue weighted by molar-refractivity contribution is -0.386. The highest BCUT2D eigenvalue weighted by Crippen LogP contribution is 2.42. The number of piperidine rings is 1. The normalized spacial score (nSPS) is 22.0. The van der Waals surface area contributed by atoms with Crippen LogP contribution in [0.25, 0.3) is 0 Å². The lowest BCUT2D eigenvalue weighted by Gasteiger charge is -2.25. The Morgan fingerprint density at radius 2 is 2.16 bits per heavy atom. The molecule has 0 aromatic heterocycles. The molecule has 1 saturated heterocycles. The van der Waals surface area contributed by atoms with Crippen LogP contribution in [0.2, 0.25) is 0 Å². The molecule has 2 heterocycles. The van der Waals surface area contributed by atoms with Gasteiger partial charge in [0.15, 0.2) is 5.75 Å². The molecule has 2 aliphatic rings. The molecule has 0 spiro atoms. The average molecular weight is 264 g/mol. The van der Waals surface area contributed by atoms with Crippen LogP contribution in [0.3, 0.4) is 0 Å². The minimum Gasteiger partial charge on any atom is -0.486 e. The topological polar surface area (TPSA) is 73.6 Å². The Labute approximate surface area is 110 Å². The van der Waals surface area contributed by atoms with Crippen LogP contribution in [0.15, 0.2) is 12.1 Å². The second-order valence-corrected chi connectivity index (χ2v) is 4.86. The van der Waals surface area contributed by atoms with E-state index in [1.54, 1.807) is 6.07 Å². The van der Waals surface area contributed by atoms with E-state index in [2.05, 4.69) is 5.32 Å². The molecule has 0 saturated carbocycles. The summed E-state index contributed by atoms with van der Waals surface area (Å²) in [5.74, 6) is 1.08. The Hall–Kier alpha value is -1.82. The lowest BCUT2D eigenvalue weighted by atomic mass is 9.91. The first-order valence-corrected chi connectivity index (χ1v) is 6.54.